The predicted molar refractivity (Wildman–Crippen MR) is 228 cm³/mol. The van der Waals surface area contributed by atoms with Gasteiger partial charge in [-0.05, 0) is 104 Å². The van der Waals surface area contributed by atoms with Gasteiger partial charge in [-0.1, -0.05) is 158 Å². The molecule has 1 aromatic heterocycles. The van der Waals surface area contributed by atoms with Crippen LogP contribution in [0.15, 0.2) is 217 Å². The van der Waals surface area contributed by atoms with E-state index in [1.54, 1.807) is 0 Å². The van der Waals surface area contributed by atoms with Gasteiger partial charge in [-0.2, -0.15) is 0 Å². The molecular weight excluding hydrogens is 655 g/mol. The van der Waals surface area contributed by atoms with Crippen molar-refractivity contribution in [1.29, 1.82) is 0 Å². The van der Waals surface area contributed by atoms with Gasteiger partial charge in [-0.3, -0.25) is 0 Å². The van der Waals surface area contributed by atoms with Crippen molar-refractivity contribution in [2.45, 2.75) is 0 Å². The van der Waals surface area contributed by atoms with Gasteiger partial charge in [0, 0.05) is 27.7 Å². The Bertz CT molecular complexity index is 2920. The largest absolute Gasteiger partial charge is 0.456 e. The lowest BCUT2D eigenvalue weighted by molar-refractivity contribution is 0.669. The summed E-state index contributed by atoms with van der Waals surface area (Å²) in [6.45, 7) is 0. The molecule has 0 bridgehead atoms. The van der Waals surface area contributed by atoms with Gasteiger partial charge < -0.3 is 9.32 Å². The van der Waals surface area contributed by atoms with E-state index >= 15 is 0 Å². The van der Waals surface area contributed by atoms with Crippen LogP contribution in [0.2, 0.25) is 0 Å². The van der Waals surface area contributed by atoms with Gasteiger partial charge in [0.1, 0.15) is 11.2 Å². The minimum atomic E-state index is 0.902. The zero-order valence-electron chi connectivity index (χ0n) is 29.6. The number of furan rings is 1. The van der Waals surface area contributed by atoms with E-state index in [1.165, 1.54) is 44.2 Å². The molecule has 2 heteroatoms. The molecule has 0 radical (unpaired) electrons. The first-order valence-corrected chi connectivity index (χ1v) is 18.4. The maximum Gasteiger partial charge on any atom is 0.136 e. The van der Waals surface area contributed by atoms with Crippen molar-refractivity contribution in [3.63, 3.8) is 0 Å². The summed E-state index contributed by atoms with van der Waals surface area (Å²) in [7, 11) is 0. The van der Waals surface area contributed by atoms with Crippen molar-refractivity contribution in [1.82, 2.24) is 0 Å². The third-order valence-electron chi connectivity index (χ3n) is 10.5. The van der Waals surface area contributed by atoms with Gasteiger partial charge in [0.2, 0.25) is 0 Å². The Morgan fingerprint density at radius 3 is 1.67 bits per heavy atom. The maximum absolute atomic E-state index is 6.23. The molecule has 10 aromatic rings. The van der Waals surface area contributed by atoms with Crippen LogP contribution in [0.25, 0.3) is 77.2 Å². The van der Waals surface area contributed by atoms with Crippen molar-refractivity contribution < 1.29 is 4.42 Å². The third kappa shape index (κ3) is 5.71. The molecule has 0 N–H and O–H groups in total. The third-order valence-corrected chi connectivity index (χ3v) is 10.5. The van der Waals surface area contributed by atoms with Crippen molar-refractivity contribution in [3.05, 3.63) is 212 Å². The Balaban J connectivity index is 1.05. The Morgan fingerprint density at radius 2 is 0.852 bits per heavy atom. The lowest BCUT2D eigenvalue weighted by atomic mass is 9.97. The van der Waals surface area contributed by atoms with Crippen LogP contribution in [0.3, 0.4) is 0 Å². The summed E-state index contributed by atoms with van der Waals surface area (Å²) in [4.78, 5) is 2.37. The number of nitrogens with zero attached hydrogens (tertiary/aromatic N) is 1. The zero-order chi connectivity index (χ0) is 35.8. The highest BCUT2D eigenvalue weighted by atomic mass is 16.3. The molecule has 0 saturated heterocycles. The van der Waals surface area contributed by atoms with E-state index in [-0.39, 0.29) is 0 Å². The van der Waals surface area contributed by atoms with Crippen molar-refractivity contribution >= 4 is 49.8 Å². The molecule has 0 aliphatic carbocycles. The van der Waals surface area contributed by atoms with Crippen LogP contribution in [0.5, 0.6) is 0 Å². The number of hydrogen-bond donors (Lipinski definition) is 0. The van der Waals surface area contributed by atoms with Gasteiger partial charge in [0.15, 0.2) is 0 Å². The molecule has 0 aliphatic heterocycles. The highest BCUT2D eigenvalue weighted by Gasteiger charge is 2.18. The highest BCUT2D eigenvalue weighted by molar-refractivity contribution is 6.12. The first-order valence-electron chi connectivity index (χ1n) is 18.4. The predicted octanol–water partition coefficient (Wildman–Crippen LogP) is 14.9. The maximum atomic E-state index is 6.23. The van der Waals surface area contributed by atoms with Crippen LogP contribution in [0.1, 0.15) is 0 Å². The molecule has 0 amide bonds. The zero-order valence-corrected chi connectivity index (χ0v) is 29.6. The normalized spacial score (nSPS) is 11.3. The molecule has 0 saturated carbocycles. The minimum Gasteiger partial charge on any atom is -0.456 e. The molecule has 9 aromatic carbocycles. The molecule has 0 spiro atoms. The molecule has 254 valence electrons. The van der Waals surface area contributed by atoms with Gasteiger partial charge in [-0.25, -0.2) is 0 Å². The number of anilines is 3. The van der Waals surface area contributed by atoms with E-state index in [2.05, 4.69) is 205 Å². The van der Waals surface area contributed by atoms with Crippen LogP contribution >= 0.6 is 0 Å². The standard InChI is InChI=1S/C52H35NO/c1-2-13-38(14-3-1)46-18-6-8-21-49(46)53(45-32-28-39(29-33-45)47-20-11-23-51-52(47)48-19-7-9-22-50(48)54-51)44-30-26-37(27-31-44)41-16-10-17-42(34-41)43-25-24-36-12-4-5-15-40(36)35-43/h1-35H. The minimum absolute atomic E-state index is 0.902. The summed E-state index contributed by atoms with van der Waals surface area (Å²) in [5.41, 5.74) is 14.5. The number of hydrogen-bond acceptors (Lipinski definition) is 2. The smallest absolute Gasteiger partial charge is 0.136 e. The Labute approximate surface area is 314 Å². The Hall–Kier alpha value is -7.16. The molecule has 54 heavy (non-hydrogen) atoms. The lowest BCUT2D eigenvalue weighted by Gasteiger charge is -2.28. The number of para-hydroxylation sites is 2. The van der Waals surface area contributed by atoms with E-state index in [4.69, 9.17) is 4.42 Å². The molecule has 0 atom stereocenters. The van der Waals surface area contributed by atoms with Crippen LogP contribution < -0.4 is 4.90 Å². The fourth-order valence-electron chi connectivity index (χ4n) is 7.81. The monoisotopic (exact) mass is 689 g/mol. The summed E-state index contributed by atoms with van der Waals surface area (Å²) in [5, 5.41) is 4.78. The van der Waals surface area contributed by atoms with Gasteiger partial charge in [-0.15, -0.1) is 0 Å². The first kappa shape index (κ1) is 31.6. The Kier molecular flexibility index (Phi) is 7.85. The van der Waals surface area contributed by atoms with Gasteiger partial charge in [0.25, 0.3) is 0 Å². The molecule has 10 rings (SSSR count). The Morgan fingerprint density at radius 1 is 0.315 bits per heavy atom. The number of rotatable bonds is 7. The van der Waals surface area contributed by atoms with Crippen LogP contribution in [0.4, 0.5) is 17.1 Å². The average Bonchev–Trinajstić information content (AvgIpc) is 3.64. The average molecular weight is 690 g/mol. The number of fused-ring (bicyclic) bond motifs is 4. The second-order valence-electron chi connectivity index (χ2n) is 13.7. The quantitative estimate of drug-likeness (QED) is 0.166. The summed E-state index contributed by atoms with van der Waals surface area (Å²) >= 11 is 0. The van der Waals surface area contributed by atoms with Crippen LogP contribution in [-0.2, 0) is 0 Å². The first-order chi connectivity index (χ1) is 26.8. The van der Waals surface area contributed by atoms with Gasteiger partial charge in [0.05, 0.1) is 5.69 Å². The molecule has 0 aliphatic rings. The summed E-state index contributed by atoms with van der Waals surface area (Å²) in [5.74, 6) is 0. The molecule has 1 heterocycles. The SMILES string of the molecule is c1ccc(-c2ccccc2N(c2ccc(-c3cccc(-c4ccc5ccccc5c4)c3)cc2)c2ccc(-c3cccc4oc5ccccc5c34)cc2)cc1. The molecule has 0 fully saturated rings. The molecule has 2 nitrogen and oxygen atoms in total. The fraction of sp³-hybridized carbons (Fsp3) is 0. The van der Waals surface area contributed by atoms with Gasteiger partial charge >= 0.3 is 0 Å². The topological polar surface area (TPSA) is 16.4 Å². The van der Waals surface area contributed by atoms with E-state index in [9.17, 15) is 0 Å². The molecule has 0 unspecified atom stereocenters. The van der Waals surface area contributed by atoms with Crippen LogP contribution in [0, 0.1) is 0 Å². The van der Waals surface area contributed by atoms with Crippen molar-refractivity contribution in [2.75, 3.05) is 4.90 Å². The lowest BCUT2D eigenvalue weighted by Crippen LogP contribution is -2.11. The number of benzene rings is 9. The summed E-state index contributed by atoms with van der Waals surface area (Å²) < 4.78 is 6.23. The highest BCUT2D eigenvalue weighted by Crippen LogP contribution is 2.43. The van der Waals surface area contributed by atoms with E-state index < -0.39 is 0 Å². The fourth-order valence-corrected chi connectivity index (χ4v) is 7.81. The van der Waals surface area contributed by atoms with E-state index in [1.807, 2.05) is 12.1 Å². The summed E-state index contributed by atoms with van der Waals surface area (Å²) in [6, 6.07) is 75.9. The van der Waals surface area contributed by atoms with E-state index in [0.29, 0.717) is 0 Å². The second-order valence-corrected chi connectivity index (χ2v) is 13.7. The molecular formula is C52H35NO. The van der Waals surface area contributed by atoms with Crippen molar-refractivity contribution in [3.8, 4) is 44.5 Å². The van der Waals surface area contributed by atoms with Crippen molar-refractivity contribution in [2.24, 2.45) is 0 Å². The summed E-state index contributed by atoms with van der Waals surface area (Å²) in [6.07, 6.45) is 0. The van der Waals surface area contributed by atoms with Crippen LogP contribution in [-0.4, -0.2) is 0 Å². The second kappa shape index (κ2) is 13.4. The van der Waals surface area contributed by atoms with E-state index in [0.717, 1.165) is 50.1 Å².